The molecule has 132 valence electrons. The number of aromatic nitrogens is 1. The Labute approximate surface area is 165 Å². The molecule has 1 aliphatic rings. The van der Waals surface area contributed by atoms with Crippen molar-refractivity contribution < 1.29 is 0 Å². The molecule has 1 fully saturated rings. The van der Waals surface area contributed by atoms with Gasteiger partial charge in [-0.3, -0.25) is 4.99 Å². The second-order valence-electron chi connectivity index (χ2n) is 6.04. The lowest BCUT2D eigenvalue weighted by atomic mass is 9.97. The summed E-state index contributed by atoms with van der Waals surface area (Å²) in [6.45, 7) is 3.76. The summed E-state index contributed by atoms with van der Waals surface area (Å²) in [5.74, 6) is 3.36. The van der Waals surface area contributed by atoms with Gasteiger partial charge in [0.25, 0.3) is 0 Å². The second-order valence-corrected chi connectivity index (χ2v) is 8.20. The summed E-state index contributed by atoms with van der Waals surface area (Å²) in [5.41, 5.74) is 1.34. The maximum Gasteiger partial charge on any atom is 0.193 e. The highest BCUT2D eigenvalue weighted by Crippen LogP contribution is 2.31. The van der Waals surface area contributed by atoms with Gasteiger partial charge in [0.2, 0.25) is 0 Å². The molecule has 1 aliphatic heterocycles. The maximum absolute atomic E-state index is 4.53. The Morgan fingerprint density at radius 2 is 2.17 bits per heavy atom. The molecule has 1 N–H and O–H groups in total. The number of nitrogens with zero attached hydrogens (tertiary/aromatic N) is 4. The number of guanidine groups is 1. The van der Waals surface area contributed by atoms with Crippen LogP contribution in [0.1, 0.15) is 17.1 Å². The summed E-state index contributed by atoms with van der Waals surface area (Å²) in [5, 5.41) is 6.79. The summed E-state index contributed by atoms with van der Waals surface area (Å²) < 4.78 is 0. The van der Waals surface area contributed by atoms with E-state index in [1.165, 1.54) is 17.9 Å². The van der Waals surface area contributed by atoms with Gasteiger partial charge in [-0.1, -0.05) is 0 Å². The van der Waals surface area contributed by atoms with Gasteiger partial charge in [0, 0.05) is 37.3 Å². The molecule has 1 atom stereocenters. The Hall–Kier alpha value is -0.0600. The molecule has 1 aromatic heterocycles. The molecule has 0 bridgehead atoms. The SMILES string of the molecule is CN=C(NCC1(N(C)C)CCSC1)N(C)Cc1csc(C)n1.I. The van der Waals surface area contributed by atoms with E-state index in [1.807, 2.05) is 25.7 Å². The smallest absolute Gasteiger partial charge is 0.193 e. The lowest BCUT2D eigenvalue weighted by molar-refractivity contribution is 0.181. The van der Waals surface area contributed by atoms with Crippen LogP contribution in [0.25, 0.3) is 0 Å². The summed E-state index contributed by atoms with van der Waals surface area (Å²) >= 11 is 3.73. The minimum atomic E-state index is 0. The molecule has 2 heterocycles. The molecule has 0 saturated carbocycles. The van der Waals surface area contributed by atoms with E-state index in [2.05, 4.69) is 51.6 Å². The molecule has 1 saturated heterocycles. The molecule has 5 nitrogen and oxygen atoms in total. The van der Waals surface area contributed by atoms with E-state index >= 15 is 0 Å². The number of rotatable bonds is 5. The number of aryl methyl sites for hydroxylation is 1. The number of nitrogens with one attached hydrogen (secondary N) is 1. The quantitative estimate of drug-likeness (QED) is 0.408. The Morgan fingerprint density at radius 3 is 2.65 bits per heavy atom. The topological polar surface area (TPSA) is 43.8 Å². The van der Waals surface area contributed by atoms with Crippen LogP contribution in [0.3, 0.4) is 0 Å². The molecule has 0 spiro atoms. The highest BCUT2D eigenvalue weighted by Gasteiger charge is 2.36. The van der Waals surface area contributed by atoms with E-state index in [0.29, 0.717) is 0 Å². The third-order valence-electron chi connectivity index (χ3n) is 4.25. The largest absolute Gasteiger partial charge is 0.354 e. The van der Waals surface area contributed by atoms with Gasteiger partial charge in [0.1, 0.15) is 0 Å². The maximum atomic E-state index is 4.53. The molecule has 0 aliphatic carbocycles. The normalized spacial score (nSPS) is 21.4. The first-order valence-electron chi connectivity index (χ1n) is 7.55. The van der Waals surface area contributed by atoms with Crippen molar-refractivity contribution in [3.63, 3.8) is 0 Å². The zero-order chi connectivity index (χ0) is 16.2. The first-order chi connectivity index (χ1) is 10.5. The van der Waals surface area contributed by atoms with Gasteiger partial charge in [-0.25, -0.2) is 4.98 Å². The van der Waals surface area contributed by atoms with Crippen molar-refractivity contribution >= 4 is 53.0 Å². The minimum Gasteiger partial charge on any atom is -0.354 e. The molecule has 1 unspecified atom stereocenters. The van der Waals surface area contributed by atoms with E-state index in [9.17, 15) is 0 Å². The molecule has 0 radical (unpaired) electrons. The van der Waals surface area contributed by atoms with Gasteiger partial charge in [0.05, 0.1) is 17.2 Å². The van der Waals surface area contributed by atoms with Crippen molar-refractivity contribution in [3.05, 3.63) is 16.1 Å². The summed E-state index contributed by atoms with van der Waals surface area (Å²) in [6.07, 6.45) is 1.23. The first-order valence-corrected chi connectivity index (χ1v) is 9.58. The van der Waals surface area contributed by atoms with Crippen molar-refractivity contribution in [1.82, 2.24) is 20.1 Å². The minimum absolute atomic E-state index is 0. The van der Waals surface area contributed by atoms with Gasteiger partial charge < -0.3 is 15.1 Å². The molecular formula is C15H28IN5S2. The predicted molar refractivity (Wildman–Crippen MR) is 113 cm³/mol. The average molecular weight is 469 g/mol. The second kappa shape index (κ2) is 9.43. The molecule has 0 aromatic carbocycles. The summed E-state index contributed by atoms with van der Waals surface area (Å²) in [7, 11) is 8.27. The molecular weight excluding hydrogens is 441 g/mol. The fourth-order valence-corrected chi connectivity index (χ4v) is 4.83. The van der Waals surface area contributed by atoms with Crippen molar-refractivity contribution in [2.45, 2.75) is 25.4 Å². The number of hydrogen-bond donors (Lipinski definition) is 1. The Balaban J connectivity index is 0.00000264. The lowest BCUT2D eigenvalue weighted by Gasteiger charge is -2.37. The van der Waals surface area contributed by atoms with Gasteiger partial charge in [-0.2, -0.15) is 11.8 Å². The van der Waals surface area contributed by atoms with Crippen LogP contribution in [0, 0.1) is 6.92 Å². The molecule has 8 heteroatoms. The molecule has 2 rings (SSSR count). The van der Waals surface area contributed by atoms with Crippen LogP contribution in [0.5, 0.6) is 0 Å². The summed E-state index contributed by atoms with van der Waals surface area (Å²) in [4.78, 5) is 13.5. The lowest BCUT2D eigenvalue weighted by Crippen LogP contribution is -2.54. The Bertz CT molecular complexity index is 512. The number of likely N-dealkylation sites (N-methyl/N-ethyl adjacent to an activating group) is 1. The van der Waals surface area contributed by atoms with E-state index in [0.717, 1.165) is 29.8 Å². The number of thioether (sulfide) groups is 1. The van der Waals surface area contributed by atoms with Crippen LogP contribution in [0.4, 0.5) is 0 Å². The number of thiazole rings is 1. The molecule has 1 aromatic rings. The third kappa shape index (κ3) is 5.47. The summed E-state index contributed by atoms with van der Waals surface area (Å²) in [6, 6.07) is 0. The van der Waals surface area contributed by atoms with E-state index in [-0.39, 0.29) is 29.5 Å². The fraction of sp³-hybridized carbons (Fsp3) is 0.733. The van der Waals surface area contributed by atoms with Crippen LogP contribution < -0.4 is 5.32 Å². The van der Waals surface area contributed by atoms with Crippen molar-refractivity contribution in [2.75, 3.05) is 46.2 Å². The van der Waals surface area contributed by atoms with Crippen LogP contribution in [0.15, 0.2) is 10.4 Å². The van der Waals surface area contributed by atoms with Crippen molar-refractivity contribution in [1.29, 1.82) is 0 Å². The fourth-order valence-electron chi connectivity index (χ4n) is 2.67. The van der Waals surface area contributed by atoms with Crippen LogP contribution >= 0.6 is 47.1 Å². The van der Waals surface area contributed by atoms with Crippen LogP contribution in [0.2, 0.25) is 0 Å². The highest BCUT2D eigenvalue weighted by molar-refractivity contribution is 14.0. The average Bonchev–Trinajstić information content (AvgIpc) is 3.09. The van der Waals surface area contributed by atoms with Gasteiger partial charge in [0.15, 0.2) is 5.96 Å². The van der Waals surface area contributed by atoms with Crippen LogP contribution in [-0.2, 0) is 6.54 Å². The standard InChI is InChI=1S/C15H27N5S2.HI/c1-12-18-13(9-22-12)8-20(5)14(16-2)17-10-15(19(3)4)6-7-21-11-15;/h9H,6-8,10-11H2,1-5H3,(H,16,17);1H. The van der Waals surface area contributed by atoms with E-state index in [1.54, 1.807) is 11.3 Å². The highest BCUT2D eigenvalue weighted by atomic mass is 127. The number of hydrogen-bond acceptors (Lipinski definition) is 5. The van der Waals surface area contributed by atoms with Gasteiger partial charge >= 0.3 is 0 Å². The third-order valence-corrected chi connectivity index (χ3v) is 6.30. The zero-order valence-corrected chi connectivity index (χ0v) is 18.6. The van der Waals surface area contributed by atoms with Crippen molar-refractivity contribution in [2.24, 2.45) is 4.99 Å². The zero-order valence-electron chi connectivity index (χ0n) is 14.6. The van der Waals surface area contributed by atoms with E-state index < -0.39 is 0 Å². The predicted octanol–water partition coefficient (Wildman–Crippen LogP) is 2.51. The monoisotopic (exact) mass is 469 g/mol. The van der Waals surface area contributed by atoms with E-state index in [4.69, 9.17) is 0 Å². The van der Waals surface area contributed by atoms with Gasteiger partial charge in [-0.15, -0.1) is 35.3 Å². The Morgan fingerprint density at radius 1 is 1.43 bits per heavy atom. The van der Waals surface area contributed by atoms with Crippen LogP contribution in [-0.4, -0.2) is 72.5 Å². The molecule has 23 heavy (non-hydrogen) atoms. The number of aliphatic imine (C=N–C) groups is 1. The first kappa shape index (κ1) is 21.0. The number of halogens is 1. The van der Waals surface area contributed by atoms with Crippen molar-refractivity contribution in [3.8, 4) is 0 Å². The molecule has 0 amide bonds. The van der Waals surface area contributed by atoms with Gasteiger partial charge in [-0.05, 0) is 33.2 Å². The Kier molecular flexibility index (Phi) is 8.60.